The summed E-state index contributed by atoms with van der Waals surface area (Å²) in [7, 11) is 0. The third-order valence-electron chi connectivity index (χ3n) is 3.16. The van der Waals surface area contributed by atoms with E-state index in [1.54, 1.807) is 11.8 Å². The van der Waals surface area contributed by atoms with Crippen molar-refractivity contribution in [1.29, 1.82) is 0 Å². The summed E-state index contributed by atoms with van der Waals surface area (Å²) >= 11 is 1.58. The van der Waals surface area contributed by atoms with E-state index in [9.17, 15) is 4.79 Å². The van der Waals surface area contributed by atoms with Crippen LogP contribution in [-0.4, -0.2) is 22.9 Å². The van der Waals surface area contributed by atoms with E-state index < -0.39 is 0 Å². The second-order valence-electron chi connectivity index (χ2n) is 4.80. The average molecular weight is 304 g/mol. The lowest BCUT2D eigenvalue weighted by atomic mass is 10.2. The first-order valence-electron chi connectivity index (χ1n) is 7.02. The van der Waals surface area contributed by atoms with Gasteiger partial charge in [0.05, 0.1) is 10.9 Å². The third kappa shape index (κ3) is 4.11. The lowest BCUT2D eigenvalue weighted by molar-refractivity contribution is -0.117. The zero-order valence-corrected chi connectivity index (χ0v) is 13.4. The van der Waals surface area contributed by atoms with Crippen molar-refractivity contribution in [2.75, 3.05) is 11.4 Å². The van der Waals surface area contributed by atoms with Crippen LogP contribution in [-0.2, 0) is 10.5 Å². The lowest BCUT2D eigenvalue weighted by Gasteiger charge is -2.24. The van der Waals surface area contributed by atoms with Crippen LogP contribution >= 0.6 is 11.8 Å². The SMILES string of the molecule is CCN(C(=O)[C@H](C)SCc1cc(C)on1)c1ccccc1. The highest BCUT2D eigenvalue weighted by atomic mass is 32.2. The quantitative estimate of drug-likeness (QED) is 0.817. The van der Waals surface area contributed by atoms with Gasteiger partial charge in [-0.3, -0.25) is 4.79 Å². The molecule has 0 fully saturated rings. The monoisotopic (exact) mass is 304 g/mol. The van der Waals surface area contributed by atoms with Gasteiger partial charge in [0.1, 0.15) is 5.76 Å². The van der Waals surface area contributed by atoms with Gasteiger partial charge in [0.25, 0.3) is 0 Å². The first kappa shape index (κ1) is 15.6. The molecule has 0 radical (unpaired) electrons. The number of para-hydroxylation sites is 1. The van der Waals surface area contributed by atoms with E-state index in [4.69, 9.17) is 4.52 Å². The number of rotatable bonds is 6. The van der Waals surface area contributed by atoms with Crippen LogP contribution in [0.4, 0.5) is 5.69 Å². The van der Waals surface area contributed by atoms with Gasteiger partial charge in [-0.1, -0.05) is 23.4 Å². The Balaban J connectivity index is 1.97. The fourth-order valence-electron chi connectivity index (χ4n) is 2.06. The summed E-state index contributed by atoms with van der Waals surface area (Å²) < 4.78 is 5.04. The molecule has 4 nitrogen and oxygen atoms in total. The van der Waals surface area contributed by atoms with Crippen LogP contribution in [0.3, 0.4) is 0 Å². The Morgan fingerprint density at radius 1 is 1.38 bits per heavy atom. The van der Waals surface area contributed by atoms with Crippen molar-refractivity contribution >= 4 is 23.4 Å². The maximum Gasteiger partial charge on any atom is 0.239 e. The number of carbonyl (C=O) groups excluding carboxylic acids is 1. The van der Waals surface area contributed by atoms with E-state index in [0.717, 1.165) is 17.1 Å². The van der Waals surface area contributed by atoms with E-state index in [0.29, 0.717) is 12.3 Å². The molecule has 0 aliphatic heterocycles. The number of hydrogen-bond donors (Lipinski definition) is 0. The van der Waals surface area contributed by atoms with E-state index in [1.807, 2.05) is 62.1 Å². The Labute approximate surface area is 129 Å². The molecule has 1 aromatic heterocycles. The smallest absolute Gasteiger partial charge is 0.239 e. The van der Waals surface area contributed by atoms with Gasteiger partial charge in [-0.2, -0.15) is 0 Å². The molecular formula is C16H20N2O2S. The number of aromatic nitrogens is 1. The molecule has 0 aliphatic carbocycles. The molecule has 0 saturated carbocycles. The maximum absolute atomic E-state index is 12.6. The molecule has 0 saturated heterocycles. The molecular weight excluding hydrogens is 284 g/mol. The highest BCUT2D eigenvalue weighted by Gasteiger charge is 2.21. The molecule has 1 atom stereocenters. The largest absolute Gasteiger partial charge is 0.361 e. The molecule has 0 N–H and O–H groups in total. The van der Waals surface area contributed by atoms with Crippen molar-refractivity contribution in [1.82, 2.24) is 5.16 Å². The first-order valence-corrected chi connectivity index (χ1v) is 8.07. The standard InChI is InChI=1S/C16H20N2O2S/c1-4-18(15-8-6-5-7-9-15)16(19)13(3)21-11-14-10-12(2)20-17-14/h5-10,13H,4,11H2,1-3H3/t13-/m0/s1. The van der Waals surface area contributed by atoms with Gasteiger partial charge in [0.15, 0.2) is 0 Å². The summed E-state index contributed by atoms with van der Waals surface area (Å²) in [6, 6.07) is 11.7. The topological polar surface area (TPSA) is 46.3 Å². The Morgan fingerprint density at radius 3 is 2.67 bits per heavy atom. The number of hydrogen-bond acceptors (Lipinski definition) is 4. The van der Waals surface area contributed by atoms with Crippen molar-refractivity contribution in [3.8, 4) is 0 Å². The summed E-state index contributed by atoms with van der Waals surface area (Å²) in [5.41, 5.74) is 1.81. The summed E-state index contributed by atoms with van der Waals surface area (Å²) in [4.78, 5) is 14.4. The number of carbonyl (C=O) groups is 1. The van der Waals surface area contributed by atoms with Crippen molar-refractivity contribution in [3.05, 3.63) is 47.9 Å². The molecule has 1 heterocycles. The van der Waals surface area contributed by atoms with Crippen LogP contribution in [0.25, 0.3) is 0 Å². The number of nitrogens with zero attached hydrogens (tertiary/aromatic N) is 2. The van der Waals surface area contributed by atoms with Crippen molar-refractivity contribution in [3.63, 3.8) is 0 Å². The van der Waals surface area contributed by atoms with Crippen LogP contribution in [0.5, 0.6) is 0 Å². The van der Waals surface area contributed by atoms with E-state index in [2.05, 4.69) is 5.16 Å². The third-order valence-corrected chi connectivity index (χ3v) is 4.32. The average Bonchev–Trinajstić information content (AvgIpc) is 2.92. The van der Waals surface area contributed by atoms with Gasteiger partial charge < -0.3 is 9.42 Å². The first-order chi connectivity index (χ1) is 10.1. The highest BCUT2D eigenvalue weighted by molar-refractivity contribution is 7.99. The zero-order valence-electron chi connectivity index (χ0n) is 12.6. The molecule has 0 aliphatic rings. The summed E-state index contributed by atoms with van der Waals surface area (Å²) in [5.74, 6) is 1.59. The maximum atomic E-state index is 12.6. The molecule has 1 aromatic carbocycles. The second-order valence-corrected chi connectivity index (χ2v) is 6.13. The minimum absolute atomic E-state index is 0.119. The van der Waals surface area contributed by atoms with Gasteiger partial charge in [-0.15, -0.1) is 11.8 Å². The van der Waals surface area contributed by atoms with Crippen LogP contribution < -0.4 is 4.90 Å². The predicted molar refractivity (Wildman–Crippen MR) is 86.5 cm³/mol. The number of amides is 1. The fraction of sp³-hybridized carbons (Fsp3) is 0.375. The molecule has 0 bridgehead atoms. The fourth-order valence-corrected chi connectivity index (χ4v) is 2.89. The predicted octanol–water partition coefficient (Wildman–Crippen LogP) is 3.66. The Kier molecular flexibility index (Phi) is 5.44. The normalized spacial score (nSPS) is 12.1. The van der Waals surface area contributed by atoms with Crippen molar-refractivity contribution in [2.24, 2.45) is 0 Å². The highest BCUT2D eigenvalue weighted by Crippen LogP contribution is 2.22. The second kappa shape index (κ2) is 7.31. The van der Waals surface area contributed by atoms with Crippen molar-refractivity contribution < 1.29 is 9.32 Å². The molecule has 2 aromatic rings. The molecule has 0 spiro atoms. The van der Waals surface area contributed by atoms with E-state index in [1.165, 1.54) is 0 Å². The molecule has 5 heteroatoms. The van der Waals surface area contributed by atoms with Crippen LogP contribution in [0, 0.1) is 6.92 Å². The Hall–Kier alpha value is -1.75. The summed E-state index contributed by atoms with van der Waals surface area (Å²) in [6.07, 6.45) is 0. The van der Waals surface area contributed by atoms with Crippen LogP contribution in [0.2, 0.25) is 0 Å². The minimum atomic E-state index is -0.123. The summed E-state index contributed by atoms with van der Waals surface area (Å²) in [6.45, 7) is 6.45. The van der Waals surface area contributed by atoms with E-state index >= 15 is 0 Å². The van der Waals surface area contributed by atoms with Gasteiger partial charge in [0, 0.05) is 24.1 Å². The minimum Gasteiger partial charge on any atom is -0.361 e. The van der Waals surface area contributed by atoms with Crippen molar-refractivity contribution in [2.45, 2.75) is 31.8 Å². The summed E-state index contributed by atoms with van der Waals surface area (Å²) in [5, 5.41) is 3.83. The van der Waals surface area contributed by atoms with Gasteiger partial charge >= 0.3 is 0 Å². The molecule has 2 rings (SSSR count). The molecule has 112 valence electrons. The molecule has 0 unspecified atom stereocenters. The Morgan fingerprint density at radius 2 is 2.10 bits per heavy atom. The van der Waals surface area contributed by atoms with Crippen LogP contribution in [0.15, 0.2) is 40.9 Å². The Bertz CT molecular complexity index is 583. The molecule has 1 amide bonds. The van der Waals surface area contributed by atoms with E-state index in [-0.39, 0.29) is 11.2 Å². The van der Waals surface area contributed by atoms with Crippen LogP contribution in [0.1, 0.15) is 25.3 Å². The van der Waals surface area contributed by atoms with Gasteiger partial charge in [0.2, 0.25) is 5.91 Å². The van der Waals surface area contributed by atoms with Gasteiger partial charge in [-0.05, 0) is 32.9 Å². The number of aryl methyl sites for hydroxylation is 1. The number of anilines is 1. The number of thioether (sulfide) groups is 1. The molecule has 21 heavy (non-hydrogen) atoms. The lowest BCUT2D eigenvalue weighted by Crippen LogP contribution is -2.36. The zero-order chi connectivity index (χ0) is 15.2. The number of benzene rings is 1. The van der Waals surface area contributed by atoms with Gasteiger partial charge in [-0.25, -0.2) is 0 Å².